The Hall–Kier alpha value is -3.09. The summed E-state index contributed by atoms with van der Waals surface area (Å²) in [6.07, 6.45) is 0. The van der Waals surface area contributed by atoms with Gasteiger partial charge in [0.05, 0.1) is 13.7 Å². The number of hydrogen-bond acceptors (Lipinski definition) is 5. The summed E-state index contributed by atoms with van der Waals surface area (Å²) in [4.78, 5) is 37.5. The standard InChI is InChI=1S/C17H16N2O5/c1-17(11-6-4-3-5-7-11)15(21)19(16(22)18-17)10-12-8-9-13(24-12)14(20)23-2/h3-9H,10H2,1-2H3,(H,18,22). The number of esters is 1. The van der Waals surface area contributed by atoms with Crippen LogP contribution in [0.1, 0.15) is 28.8 Å². The van der Waals surface area contributed by atoms with Crippen molar-refractivity contribution in [1.29, 1.82) is 0 Å². The second-order valence-corrected chi connectivity index (χ2v) is 5.57. The number of carbonyl (C=O) groups is 3. The van der Waals surface area contributed by atoms with E-state index in [1.165, 1.54) is 19.2 Å². The lowest BCUT2D eigenvalue weighted by molar-refractivity contribution is -0.131. The molecule has 0 aliphatic carbocycles. The minimum absolute atomic E-state index is 0.0189. The highest BCUT2D eigenvalue weighted by Gasteiger charge is 2.49. The molecular weight excluding hydrogens is 312 g/mol. The van der Waals surface area contributed by atoms with Crippen LogP contribution in [0.5, 0.6) is 0 Å². The summed E-state index contributed by atoms with van der Waals surface area (Å²) in [7, 11) is 1.24. The first-order chi connectivity index (χ1) is 11.5. The van der Waals surface area contributed by atoms with E-state index in [1.54, 1.807) is 31.2 Å². The van der Waals surface area contributed by atoms with Crippen LogP contribution in [0.2, 0.25) is 0 Å². The van der Waals surface area contributed by atoms with Gasteiger partial charge in [0.25, 0.3) is 5.91 Å². The number of nitrogens with one attached hydrogen (secondary N) is 1. The maximum Gasteiger partial charge on any atom is 0.373 e. The molecule has 0 radical (unpaired) electrons. The van der Waals surface area contributed by atoms with Crippen LogP contribution in [0, 0.1) is 0 Å². The molecule has 7 heteroatoms. The van der Waals surface area contributed by atoms with E-state index in [1.807, 2.05) is 6.07 Å². The highest BCUT2D eigenvalue weighted by molar-refractivity contribution is 6.07. The van der Waals surface area contributed by atoms with E-state index >= 15 is 0 Å². The van der Waals surface area contributed by atoms with E-state index in [9.17, 15) is 14.4 Å². The largest absolute Gasteiger partial charge is 0.463 e. The molecule has 1 N–H and O–H groups in total. The van der Waals surface area contributed by atoms with Crippen molar-refractivity contribution in [1.82, 2.24) is 10.2 Å². The molecule has 124 valence electrons. The molecule has 3 amide bonds. The molecule has 1 unspecified atom stereocenters. The van der Waals surface area contributed by atoms with Gasteiger partial charge in [0.1, 0.15) is 11.3 Å². The van der Waals surface area contributed by atoms with Crippen LogP contribution < -0.4 is 5.32 Å². The number of imide groups is 1. The average Bonchev–Trinajstić information content (AvgIpc) is 3.15. The number of carbonyl (C=O) groups excluding carboxylic acids is 3. The van der Waals surface area contributed by atoms with Crippen molar-refractivity contribution in [3.8, 4) is 0 Å². The molecule has 2 aromatic rings. The number of methoxy groups -OCH3 is 1. The third kappa shape index (κ3) is 2.54. The lowest BCUT2D eigenvalue weighted by atomic mass is 9.92. The summed E-state index contributed by atoms with van der Waals surface area (Å²) in [5.74, 6) is -0.663. The lowest BCUT2D eigenvalue weighted by Crippen LogP contribution is -2.40. The zero-order valence-electron chi connectivity index (χ0n) is 13.2. The summed E-state index contributed by atoms with van der Waals surface area (Å²) in [5.41, 5.74) is -0.434. The maximum atomic E-state index is 12.7. The summed E-state index contributed by atoms with van der Waals surface area (Å²) in [6.45, 7) is 1.59. The molecule has 1 aliphatic rings. The van der Waals surface area contributed by atoms with Gasteiger partial charge >= 0.3 is 12.0 Å². The Balaban J connectivity index is 1.82. The quantitative estimate of drug-likeness (QED) is 0.685. The highest BCUT2D eigenvalue weighted by atomic mass is 16.5. The van der Waals surface area contributed by atoms with Crippen LogP contribution in [0.25, 0.3) is 0 Å². The molecule has 2 heterocycles. The predicted molar refractivity (Wildman–Crippen MR) is 82.9 cm³/mol. The van der Waals surface area contributed by atoms with Crippen molar-refractivity contribution < 1.29 is 23.5 Å². The fraction of sp³-hybridized carbons (Fsp3) is 0.235. The average molecular weight is 328 g/mol. The number of benzene rings is 1. The van der Waals surface area contributed by atoms with E-state index < -0.39 is 17.5 Å². The minimum atomic E-state index is -1.13. The van der Waals surface area contributed by atoms with E-state index in [-0.39, 0.29) is 18.2 Å². The monoisotopic (exact) mass is 328 g/mol. The number of hydrogen-bond donors (Lipinski definition) is 1. The minimum Gasteiger partial charge on any atom is -0.463 e. The van der Waals surface area contributed by atoms with E-state index in [2.05, 4.69) is 10.1 Å². The molecule has 3 rings (SSSR count). The van der Waals surface area contributed by atoms with Gasteiger partial charge in [0.15, 0.2) is 0 Å². The third-order valence-electron chi connectivity index (χ3n) is 3.99. The van der Waals surface area contributed by atoms with E-state index in [0.29, 0.717) is 11.3 Å². The van der Waals surface area contributed by atoms with Crippen molar-refractivity contribution in [2.24, 2.45) is 0 Å². The molecule has 0 spiro atoms. The van der Waals surface area contributed by atoms with Crippen LogP contribution in [-0.2, 0) is 21.6 Å². The fourth-order valence-electron chi connectivity index (χ4n) is 2.64. The van der Waals surface area contributed by atoms with Crippen molar-refractivity contribution >= 4 is 17.9 Å². The Kier molecular flexibility index (Phi) is 3.84. The Morgan fingerprint density at radius 2 is 1.92 bits per heavy atom. The topological polar surface area (TPSA) is 88.9 Å². The number of ether oxygens (including phenoxy) is 1. The van der Waals surface area contributed by atoms with Gasteiger partial charge in [-0.2, -0.15) is 0 Å². The highest BCUT2D eigenvalue weighted by Crippen LogP contribution is 2.29. The maximum absolute atomic E-state index is 12.7. The number of rotatable bonds is 4. The molecule has 1 saturated heterocycles. The number of urea groups is 1. The third-order valence-corrected chi connectivity index (χ3v) is 3.99. The molecule has 1 fully saturated rings. The molecule has 0 bridgehead atoms. The second-order valence-electron chi connectivity index (χ2n) is 5.57. The Labute approximate surface area is 138 Å². The molecule has 0 saturated carbocycles. The molecular formula is C17H16N2O5. The van der Waals surface area contributed by atoms with Crippen molar-refractivity contribution in [3.05, 3.63) is 59.5 Å². The van der Waals surface area contributed by atoms with Crippen LogP contribution >= 0.6 is 0 Å². The zero-order valence-corrected chi connectivity index (χ0v) is 13.2. The van der Waals surface area contributed by atoms with Crippen LogP contribution in [0.3, 0.4) is 0 Å². The molecule has 1 aromatic carbocycles. The van der Waals surface area contributed by atoms with Crippen LogP contribution in [0.4, 0.5) is 4.79 Å². The van der Waals surface area contributed by atoms with Gasteiger partial charge in [-0.05, 0) is 24.6 Å². The molecule has 1 aliphatic heterocycles. The van der Waals surface area contributed by atoms with E-state index in [4.69, 9.17) is 4.42 Å². The second kappa shape index (κ2) is 5.84. The molecule has 1 atom stereocenters. The molecule has 1 aromatic heterocycles. The van der Waals surface area contributed by atoms with Gasteiger partial charge in [-0.25, -0.2) is 9.59 Å². The Morgan fingerprint density at radius 1 is 1.21 bits per heavy atom. The van der Waals surface area contributed by atoms with Gasteiger partial charge in [0, 0.05) is 0 Å². The first-order valence-corrected chi connectivity index (χ1v) is 7.32. The van der Waals surface area contributed by atoms with Gasteiger partial charge in [-0.3, -0.25) is 9.69 Å². The van der Waals surface area contributed by atoms with Gasteiger partial charge in [0.2, 0.25) is 5.76 Å². The normalized spacial score (nSPS) is 20.2. The van der Waals surface area contributed by atoms with Crippen LogP contribution in [-0.4, -0.2) is 29.9 Å². The van der Waals surface area contributed by atoms with Crippen molar-refractivity contribution in [2.45, 2.75) is 19.0 Å². The van der Waals surface area contributed by atoms with Crippen molar-refractivity contribution in [2.75, 3.05) is 7.11 Å². The summed E-state index contributed by atoms with van der Waals surface area (Å²) in [6, 6.07) is 11.5. The number of amides is 3. The van der Waals surface area contributed by atoms with Gasteiger partial charge in [-0.1, -0.05) is 30.3 Å². The fourth-order valence-corrected chi connectivity index (χ4v) is 2.64. The SMILES string of the molecule is COC(=O)c1ccc(CN2C(=O)NC(C)(c3ccccc3)C2=O)o1. The number of nitrogens with zero attached hydrogens (tertiary/aromatic N) is 1. The van der Waals surface area contributed by atoms with Crippen molar-refractivity contribution in [3.63, 3.8) is 0 Å². The van der Waals surface area contributed by atoms with Crippen LogP contribution in [0.15, 0.2) is 46.9 Å². The molecule has 24 heavy (non-hydrogen) atoms. The number of furan rings is 1. The summed E-state index contributed by atoms with van der Waals surface area (Å²) in [5, 5.41) is 2.71. The van der Waals surface area contributed by atoms with E-state index in [0.717, 1.165) is 4.90 Å². The Bertz CT molecular complexity index is 798. The predicted octanol–water partition coefficient (Wildman–Crippen LogP) is 2.03. The van der Waals surface area contributed by atoms with Gasteiger partial charge < -0.3 is 14.5 Å². The summed E-state index contributed by atoms with van der Waals surface area (Å²) >= 11 is 0. The van der Waals surface area contributed by atoms with Gasteiger partial charge in [-0.15, -0.1) is 0 Å². The smallest absolute Gasteiger partial charge is 0.373 e. The Morgan fingerprint density at radius 3 is 2.58 bits per heavy atom. The first-order valence-electron chi connectivity index (χ1n) is 7.32. The molecule has 7 nitrogen and oxygen atoms in total. The lowest BCUT2D eigenvalue weighted by Gasteiger charge is -2.21. The summed E-state index contributed by atoms with van der Waals surface area (Å²) < 4.78 is 9.88. The first kappa shape index (κ1) is 15.8. The zero-order chi connectivity index (χ0) is 17.3.